The van der Waals surface area contributed by atoms with Crippen molar-refractivity contribution in [2.75, 3.05) is 6.61 Å². The predicted octanol–water partition coefficient (Wildman–Crippen LogP) is 6.80. The number of aryl methyl sites for hydroxylation is 1. The molecule has 0 unspecified atom stereocenters. The maximum absolute atomic E-state index is 15.2. The lowest BCUT2D eigenvalue weighted by Gasteiger charge is -2.09. The zero-order chi connectivity index (χ0) is 23.7. The third-order valence-corrected chi connectivity index (χ3v) is 6.75. The molecule has 0 atom stereocenters. The molecule has 0 fully saturated rings. The SMILES string of the molecule is CCCn1cc(-n2c(C)c(Sc3cccc(C(=O)OCC)c3F)c3ccc(Cl)c(F)c32)cn1. The van der Waals surface area contributed by atoms with Crippen LogP contribution in [0.1, 0.15) is 36.3 Å². The average Bonchev–Trinajstić information content (AvgIpc) is 3.35. The number of fused-ring (bicyclic) bond motifs is 1. The number of hydrogen-bond acceptors (Lipinski definition) is 4. The van der Waals surface area contributed by atoms with Crippen LogP contribution in [0.15, 0.2) is 52.5 Å². The first-order chi connectivity index (χ1) is 15.9. The van der Waals surface area contributed by atoms with E-state index in [9.17, 15) is 4.79 Å². The Balaban J connectivity index is 1.88. The molecule has 33 heavy (non-hydrogen) atoms. The second-order valence-corrected chi connectivity index (χ2v) is 8.87. The lowest BCUT2D eigenvalue weighted by atomic mass is 10.2. The van der Waals surface area contributed by atoms with E-state index in [-0.39, 0.29) is 22.1 Å². The van der Waals surface area contributed by atoms with Crippen molar-refractivity contribution in [1.82, 2.24) is 14.3 Å². The molecule has 2 aromatic heterocycles. The highest BCUT2D eigenvalue weighted by molar-refractivity contribution is 7.99. The minimum atomic E-state index is -0.724. The van der Waals surface area contributed by atoms with Gasteiger partial charge in [-0.05, 0) is 44.5 Å². The summed E-state index contributed by atoms with van der Waals surface area (Å²) in [6, 6.07) is 7.76. The van der Waals surface area contributed by atoms with Crippen molar-refractivity contribution in [3.05, 3.63) is 70.6 Å². The van der Waals surface area contributed by atoms with Crippen molar-refractivity contribution in [3.8, 4) is 5.69 Å². The smallest absolute Gasteiger partial charge is 0.341 e. The summed E-state index contributed by atoms with van der Waals surface area (Å²) in [7, 11) is 0. The molecular weight excluding hydrogens is 468 g/mol. The molecule has 172 valence electrons. The Bertz CT molecular complexity index is 1350. The van der Waals surface area contributed by atoms with Crippen molar-refractivity contribution >= 4 is 40.2 Å². The molecule has 2 aromatic carbocycles. The molecule has 0 N–H and O–H groups in total. The van der Waals surface area contributed by atoms with Gasteiger partial charge in [0.25, 0.3) is 0 Å². The molecule has 0 aliphatic rings. The fourth-order valence-corrected chi connectivity index (χ4v) is 4.98. The maximum Gasteiger partial charge on any atom is 0.341 e. The van der Waals surface area contributed by atoms with Crippen molar-refractivity contribution in [2.45, 2.75) is 43.5 Å². The summed E-state index contributed by atoms with van der Waals surface area (Å²) in [6.45, 7) is 6.42. The van der Waals surface area contributed by atoms with E-state index in [0.29, 0.717) is 27.2 Å². The maximum atomic E-state index is 15.2. The second-order valence-electron chi connectivity index (χ2n) is 7.41. The van der Waals surface area contributed by atoms with Gasteiger partial charge in [-0.25, -0.2) is 13.6 Å². The molecule has 2 heterocycles. The minimum absolute atomic E-state index is 0.00533. The Labute approximate surface area is 199 Å². The van der Waals surface area contributed by atoms with Crippen LogP contribution in [-0.4, -0.2) is 26.9 Å². The summed E-state index contributed by atoms with van der Waals surface area (Å²) < 4.78 is 38.9. The van der Waals surface area contributed by atoms with Gasteiger partial charge < -0.3 is 9.30 Å². The second kappa shape index (κ2) is 9.57. The number of nitrogens with zero attached hydrogens (tertiary/aromatic N) is 3. The number of benzene rings is 2. The highest BCUT2D eigenvalue weighted by Gasteiger charge is 2.24. The fourth-order valence-electron chi connectivity index (χ4n) is 3.74. The largest absolute Gasteiger partial charge is 0.462 e. The Morgan fingerprint density at radius 2 is 1.97 bits per heavy atom. The summed E-state index contributed by atoms with van der Waals surface area (Å²) in [5, 5.41) is 4.94. The Morgan fingerprint density at radius 1 is 1.18 bits per heavy atom. The van der Waals surface area contributed by atoms with Crippen molar-refractivity contribution in [1.29, 1.82) is 0 Å². The van der Waals surface area contributed by atoms with Gasteiger partial charge >= 0.3 is 5.97 Å². The van der Waals surface area contributed by atoms with Crippen LogP contribution in [0, 0.1) is 18.6 Å². The van der Waals surface area contributed by atoms with Crippen LogP contribution in [0.3, 0.4) is 0 Å². The highest BCUT2D eigenvalue weighted by atomic mass is 35.5. The zero-order valence-electron chi connectivity index (χ0n) is 18.4. The van der Waals surface area contributed by atoms with Gasteiger partial charge in [-0.2, -0.15) is 5.10 Å². The van der Waals surface area contributed by atoms with Gasteiger partial charge in [-0.1, -0.05) is 36.4 Å². The van der Waals surface area contributed by atoms with Crippen LogP contribution in [-0.2, 0) is 11.3 Å². The van der Waals surface area contributed by atoms with E-state index in [1.807, 2.05) is 20.0 Å². The van der Waals surface area contributed by atoms with Crippen molar-refractivity contribution in [3.63, 3.8) is 0 Å². The molecular formula is C24H22ClF2N3O2S. The first-order valence-electron chi connectivity index (χ1n) is 10.5. The van der Waals surface area contributed by atoms with Crippen LogP contribution in [0.4, 0.5) is 8.78 Å². The average molecular weight is 490 g/mol. The molecule has 0 bridgehead atoms. The molecule has 4 aromatic rings. The Morgan fingerprint density at radius 3 is 2.70 bits per heavy atom. The lowest BCUT2D eigenvalue weighted by molar-refractivity contribution is 0.0520. The number of hydrogen-bond donors (Lipinski definition) is 0. The standard InChI is InChI=1S/C24H22ClF2N3O2S/c1-4-11-29-13-15(12-28-29)30-14(3)23(17-9-10-18(25)21(27)22(17)30)33-19-8-6-7-16(20(19)26)24(31)32-5-2/h6-10,12-13H,4-5,11H2,1-3H3. The lowest BCUT2D eigenvalue weighted by Crippen LogP contribution is -2.07. The van der Waals surface area contributed by atoms with Crippen molar-refractivity contribution < 1.29 is 18.3 Å². The van der Waals surface area contributed by atoms with Gasteiger partial charge in [-0.15, -0.1) is 0 Å². The van der Waals surface area contributed by atoms with Crippen LogP contribution in [0.2, 0.25) is 5.02 Å². The Hall–Kier alpha value is -2.84. The summed E-state index contributed by atoms with van der Waals surface area (Å²) in [5.74, 6) is -1.96. The van der Waals surface area contributed by atoms with Gasteiger partial charge in [0, 0.05) is 33.6 Å². The third-order valence-electron chi connectivity index (χ3n) is 5.20. The topological polar surface area (TPSA) is 49.0 Å². The van der Waals surface area contributed by atoms with E-state index in [0.717, 1.165) is 24.7 Å². The molecule has 5 nitrogen and oxygen atoms in total. The monoisotopic (exact) mass is 489 g/mol. The highest BCUT2D eigenvalue weighted by Crippen LogP contribution is 2.42. The van der Waals surface area contributed by atoms with E-state index < -0.39 is 17.6 Å². The summed E-state index contributed by atoms with van der Waals surface area (Å²) >= 11 is 7.23. The summed E-state index contributed by atoms with van der Waals surface area (Å²) in [5.41, 5.74) is 1.53. The van der Waals surface area contributed by atoms with E-state index >= 15 is 8.78 Å². The molecule has 0 saturated heterocycles. The molecule has 9 heteroatoms. The molecule has 0 aliphatic heterocycles. The number of halogens is 3. The number of aromatic nitrogens is 3. The van der Waals surface area contributed by atoms with E-state index in [4.69, 9.17) is 16.3 Å². The molecule has 0 spiro atoms. The molecule has 0 radical (unpaired) electrons. The number of carbonyl (C=O) groups excluding carboxylic acids is 1. The summed E-state index contributed by atoms with van der Waals surface area (Å²) in [6.07, 6.45) is 4.41. The first-order valence-corrected chi connectivity index (χ1v) is 11.7. The molecule has 0 saturated carbocycles. The quantitative estimate of drug-likeness (QED) is 0.268. The van der Waals surface area contributed by atoms with Crippen LogP contribution in [0.5, 0.6) is 0 Å². The molecule has 0 aliphatic carbocycles. The van der Waals surface area contributed by atoms with Gasteiger partial charge in [0.15, 0.2) is 11.6 Å². The first kappa shape index (κ1) is 23.3. The van der Waals surface area contributed by atoms with Gasteiger partial charge in [0.1, 0.15) is 0 Å². The minimum Gasteiger partial charge on any atom is -0.462 e. The number of ether oxygens (including phenoxy) is 1. The predicted molar refractivity (Wildman–Crippen MR) is 126 cm³/mol. The normalized spacial score (nSPS) is 11.3. The fraction of sp³-hybridized carbons (Fsp3) is 0.250. The van der Waals surface area contributed by atoms with Crippen molar-refractivity contribution in [2.24, 2.45) is 0 Å². The van der Waals surface area contributed by atoms with Gasteiger partial charge in [0.05, 0.1) is 34.6 Å². The number of esters is 1. The van der Waals surface area contributed by atoms with Crippen LogP contribution < -0.4 is 0 Å². The van der Waals surface area contributed by atoms with Crippen LogP contribution >= 0.6 is 23.4 Å². The molecule has 4 rings (SSSR count). The number of carbonyl (C=O) groups is 1. The summed E-state index contributed by atoms with van der Waals surface area (Å²) in [4.78, 5) is 13.0. The van der Waals surface area contributed by atoms with E-state index in [2.05, 4.69) is 5.10 Å². The van der Waals surface area contributed by atoms with Crippen LogP contribution in [0.25, 0.3) is 16.6 Å². The van der Waals surface area contributed by atoms with Gasteiger partial charge in [0.2, 0.25) is 0 Å². The Kier molecular flexibility index (Phi) is 6.76. The van der Waals surface area contributed by atoms with E-state index in [1.165, 1.54) is 12.1 Å². The third kappa shape index (κ3) is 4.25. The number of rotatable bonds is 7. The van der Waals surface area contributed by atoms with Gasteiger partial charge in [-0.3, -0.25) is 4.68 Å². The van der Waals surface area contributed by atoms with E-state index in [1.54, 1.807) is 40.6 Å². The molecule has 0 amide bonds. The zero-order valence-corrected chi connectivity index (χ0v) is 19.9.